The molecule has 0 radical (unpaired) electrons. The van der Waals surface area contributed by atoms with Gasteiger partial charge in [0.1, 0.15) is 0 Å². The van der Waals surface area contributed by atoms with E-state index in [0.29, 0.717) is 11.7 Å². The summed E-state index contributed by atoms with van der Waals surface area (Å²) in [6, 6.07) is 1.71. The molecule has 2 aliphatic rings. The fraction of sp³-hybridized carbons (Fsp3) is 0.733. The number of hydrogen-bond donors (Lipinski definition) is 0. The standard InChI is InChI=1S/C15H23N3O3/c1-12-10-14(21-16-12)15(19)18-4-2-13(3-5-18)11-17-6-8-20-9-7-17/h10,13H,2-9,11H2,1H3. The number of amides is 1. The Balaban J connectivity index is 1.47. The summed E-state index contributed by atoms with van der Waals surface area (Å²) in [7, 11) is 0. The maximum absolute atomic E-state index is 12.3. The number of hydrogen-bond acceptors (Lipinski definition) is 5. The fourth-order valence-corrected chi connectivity index (χ4v) is 3.09. The van der Waals surface area contributed by atoms with Crippen LogP contribution in [0.3, 0.4) is 0 Å². The van der Waals surface area contributed by atoms with E-state index in [0.717, 1.165) is 64.5 Å². The van der Waals surface area contributed by atoms with E-state index in [4.69, 9.17) is 9.26 Å². The van der Waals surface area contributed by atoms with Crippen molar-refractivity contribution in [1.29, 1.82) is 0 Å². The molecule has 0 aliphatic carbocycles. The summed E-state index contributed by atoms with van der Waals surface area (Å²) in [5.41, 5.74) is 0.751. The van der Waals surface area contributed by atoms with Crippen molar-refractivity contribution in [2.75, 3.05) is 45.9 Å². The molecule has 0 N–H and O–H groups in total. The van der Waals surface area contributed by atoms with Crippen LogP contribution in [0.25, 0.3) is 0 Å². The Labute approximate surface area is 125 Å². The number of rotatable bonds is 3. The van der Waals surface area contributed by atoms with Gasteiger partial charge in [-0.2, -0.15) is 0 Å². The number of morpholine rings is 1. The van der Waals surface area contributed by atoms with Gasteiger partial charge in [-0.05, 0) is 25.7 Å². The molecule has 1 amide bonds. The maximum Gasteiger partial charge on any atom is 0.292 e. The third-order valence-corrected chi connectivity index (χ3v) is 4.36. The van der Waals surface area contributed by atoms with Gasteiger partial charge in [0.25, 0.3) is 5.91 Å². The minimum absolute atomic E-state index is 0.0274. The molecule has 2 saturated heterocycles. The van der Waals surface area contributed by atoms with Crippen molar-refractivity contribution in [2.45, 2.75) is 19.8 Å². The van der Waals surface area contributed by atoms with Crippen molar-refractivity contribution in [1.82, 2.24) is 15.0 Å². The SMILES string of the molecule is Cc1cc(C(=O)N2CCC(CN3CCOCC3)CC2)on1. The third-order valence-electron chi connectivity index (χ3n) is 4.36. The van der Waals surface area contributed by atoms with Gasteiger partial charge in [-0.3, -0.25) is 9.69 Å². The van der Waals surface area contributed by atoms with Crippen LogP contribution in [0.5, 0.6) is 0 Å². The van der Waals surface area contributed by atoms with Crippen LogP contribution in [-0.4, -0.2) is 66.8 Å². The number of aryl methyl sites for hydroxylation is 1. The average molecular weight is 293 g/mol. The van der Waals surface area contributed by atoms with Gasteiger partial charge in [-0.15, -0.1) is 0 Å². The van der Waals surface area contributed by atoms with Crippen LogP contribution in [0.2, 0.25) is 0 Å². The average Bonchev–Trinajstić information content (AvgIpc) is 2.95. The number of carbonyl (C=O) groups is 1. The van der Waals surface area contributed by atoms with Gasteiger partial charge in [0.05, 0.1) is 18.9 Å². The lowest BCUT2D eigenvalue weighted by molar-refractivity contribution is 0.0239. The van der Waals surface area contributed by atoms with Gasteiger partial charge in [0, 0.05) is 38.8 Å². The van der Waals surface area contributed by atoms with Crippen LogP contribution in [-0.2, 0) is 4.74 Å². The Morgan fingerprint density at radius 3 is 2.62 bits per heavy atom. The molecule has 6 nitrogen and oxygen atoms in total. The van der Waals surface area contributed by atoms with Gasteiger partial charge in [0.2, 0.25) is 5.76 Å². The van der Waals surface area contributed by atoms with Crippen LogP contribution in [0.15, 0.2) is 10.6 Å². The second-order valence-electron chi connectivity index (χ2n) is 5.98. The minimum Gasteiger partial charge on any atom is -0.379 e. The summed E-state index contributed by atoms with van der Waals surface area (Å²) in [5, 5.41) is 3.78. The second-order valence-corrected chi connectivity index (χ2v) is 5.98. The van der Waals surface area contributed by atoms with E-state index >= 15 is 0 Å². The zero-order valence-electron chi connectivity index (χ0n) is 12.6. The summed E-state index contributed by atoms with van der Waals surface area (Å²) in [6.07, 6.45) is 2.13. The van der Waals surface area contributed by atoms with E-state index in [1.165, 1.54) is 0 Å². The Morgan fingerprint density at radius 1 is 1.29 bits per heavy atom. The zero-order valence-corrected chi connectivity index (χ0v) is 12.6. The number of carbonyl (C=O) groups excluding carboxylic acids is 1. The number of aromatic nitrogens is 1. The van der Waals surface area contributed by atoms with Crippen molar-refractivity contribution >= 4 is 5.91 Å². The molecule has 2 aliphatic heterocycles. The van der Waals surface area contributed by atoms with E-state index in [1.807, 2.05) is 11.8 Å². The summed E-state index contributed by atoms with van der Waals surface area (Å²) in [4.78, 5) is 16.6. The van der Waals surface area contributed by atoms with Crippen LogP contribution < -0.4 is 0 Å². The highest BCUT2D eigenvalue weighted by Gasteiger charge is 2.27. The fourth-order valence-electron chi connectivity index (χ4n) is 3.09. The number of nitrogens with zero attached hydrogens (tertiary/aromatic N) is 3. The molecule has 0 aromatic carbocycles. The number of likely N-dealkylation sites (tertiary alicyclic amines) is 1. The summed E-state index contributed by atoms with van der Waals surface area (Å²) in [5.74, 6) is 1.02. The molecule has 0 atom stereocenters. The van der Waals surface area contributed by atoms with Gasteiger partial charge in [0.15, 0.2) is 0 Å². The molecule has 0 bridgehead atoms. The molecule has 116 valence electrons. The highest BCUT2D eigenvalue weighted by atomic mass is 16.5. The lowest BCUT2D eigenvalue weighted by atomic mass is 9.96. The summed E-state index contributed by atoms with van der Waals surface area (Å²) in [6.45, 7) is 8.36. The molecular formula is C15H23N3O3. The topological polar surface area (TPSA) is 58.8 Å². The van der Waals surface area contributed by atoms with E-state index in [2.05, 4.69) is 10.1 Å². The van der Waals surface area contributed by atoms with Gasteiger partial charge in [-0.1, -0.05) is 5.16 Å². The quantitative estimate of drug-likeness (QED) is 0.837. The van der Waals surface area contributed by atoms with Crippen LogP contribution in [0.4, 0.5) is 0 Å². The predicted octanol–water partition coefficient (Wildman–Crippen LogP) is 1.17. The lowest BCUT2D eigenvalue weighted by Gasteiger charge is -2.35. The van der Waals surface area contributed by atoms with Gasteiger partial charge >= 0.3 is 0 Å². The predicted molar refractivity (Wildman–Crippen MR) is 77.1 cm³/mol. The van der Waals surface area contributed by atoms with Crippen LogP contribution in [0.1, 0.15) is 29.1 Å². The van der Waals surface area contributed by atoms with E-state index in [9.17, 15) is 4.79 Å². The highest BCUT2D eigenvalue weighted by Crippen LogP contribution is 2.20. The smallest absolute Gasteiger partial charge is 0.292 e. The van der Waals surface area contributed by atoms with Crippen LogP contribution >= 0.6 is 0 Å². The molecular weight excluding hydrogens is 270 g/mol. The normalized spacial score (nSPS) is 21.7. The van der Waals surface area contributed by atoms with Crippen molar-refractivity contribution in [3.63, 3.8) is 0 Å². The molecule has 0 unspecified atom stereocenters. The van der Waals surface area contributed by atoms with Crippen molar-refractivity contribution in [3.8, 4) is 0 Å². The molecule has 1 aromatic rings. The lowest BCUT2D eigenvalue weighted by Crippen LogP contribution is -2.44. The van der Waals surface area contributed by atoms with Crippen molar-refractivity contribution < 1.29 is 14.1 Å². The van der Waals surface area contributed by atoms with E-state index < -0.39 is 0 Å². The molecule has 21 heavy (non-hydrogen) atoms. The highest BCUT2D eigenvalue weighted by molar-refractivity contribution is 5.91. The Kier molecular flexibility index (Phi) is 4.55. The first kappa shape index (κ1) is 14.5. The van der Waals surface area contributed by atoms with Crippen molar-refractivity contribution in [3.05, 3.63) is 17.5 Å². The Morgan fingerprint density at radius 2 is 2.00 bits per heavy atom. The number of piperidine rings is 1. The second kappa shape index (κ2) is 6.58. The largest absolute Gasteiger partial charge is 0.379 e. The van der Waals surface area contributed by atoms with Crippen molar-refractivity contribution in [2.24, 2.45) is 5.92 Å². The first-order valence-corrected chi connectivity index (χ1v) is 7.75. The summed E-state index contributed by atoms with van der Waals surface area (Å²) < 4.78 is 10.4. The zero-order chi connectivity index (χ0) is 14.7. The van der Waals surface area contributed by atoms with Crippen LogP contribution in [0, 0.1) is 12.8 Å². The molecule has 6 heteroatoms. The van der Waals surface area contributed by atoms with Gasteiger partial charge < -0.3 is 14.2 Å². The minimum atomic E-state index is -0.0274. The number of ether oxygens (including phenoxy) is 1. The Hall–Kier alpha value is -1.40. The molecule has 0 saturated carbocycles. The van der Waals surface area contributed by atoms with Gasteiger partial charge in [-0.25, -0.2) is 0 Å². The maximum atomic E-state index is 12.3. The first-order valence-electron chi connectivity index (χ1n) is 7.75. The van der Waals surface area contributed by atoms with E-state index in [-0.39, 0.29) is 5.91 Å². The molecule has 3 heterocycles. The third kappa shape index (κ3) is 3.63. The van der Waals surface area contributed by atoms with E-state index in [1.54, 1.807) is 6.07 Å². The monoisotopic (exact) mass is 293 g/mol. The molecule has 3 rings (SSSR count). The molecule has 2 fully saturated rings. The first-order chi connectivity index (χ1) is 10.2. The molecule has 0 spiro atoms. The molecule has 1 aromatic heterocycles. The Bertz CT molecular complexity index is 474. The summed E-state index contributed by atoms with van der Waals surface area (Å²) >= 11 is 0.